The molecular weight excluding hydrogens is 373 g/mol. The Morgan fingerprint density at radius 3 is 2.62 bits per heavy atom. The highest BCUT2D eigenvalue weighted by Gasteiger charge is 2.57. The SMILES string of the molecule is CCOC(=O)N1CC=C2[C@@H](C1)[C@@H](c1ccccc1F)[C@H](C#N)C(=N)C2(C#N)C#N. The lowest BCUT2D eigenvalue weighted by molar-refractivity contribution is 0.0997. The van der Waals surface area contributed by atoms with Crippen molar-refractivity contribution >= 4 is 11.8 Å². The number of halogens is 1. The Morgan fingerprint density at radius 1 is 1.34 bits per heavy atom. The monoisotopic (exact) mass is 391 g/mol. The number of hydrogen-bond acceptors (Lipinski definition) is 6. The number of fused-ring (bicyclic) bond motifs is 1. The molecule has 0 radical (unpaired) electrons. The third-order valence-corrected chi connectivity index (χ3v) is 5.55. The number of ether oxygens (including phenoxy) is 1. The Hall–Kier alpha value is -3.70. The van der Waals surface area contributed by atoms with Crippen molar-refractivity contribution < 1.29 is 13.9 Å². The van der Waals surface area contributed by atoms with Crippen molar-refractivity contribution in [1.82, 2.24) is 4.90 Å². The van der Waals surface area contributed by atoms with Gasteiger partial charge in [-0.05, 0) is 24.1 Å². The van der Waals surface area contributed by atoms with Gasteiger partial charge in [-0.2, -0.15) is 15.8 Å². The first kappa shape index (κ1) is 20.0. The van der Waals surface area contributed by atoms with Crippen LogP contribution < -0.4 is 0 Å². The zero-order valence-corrected chi connectivity index (χ0v) is 15.7. The number of rotatable bonds is 2. The molecule has 1 saturated carbocycles. The van der Waals surface area contributed by atoms with Crippen molar-refractivity contribution in [3.05, 3.63) is 47.3 Å². The minimum absolute atomic E-state index is 0.0558. The molecule has 0 saturated heterocycles. The molecule has 1 aliphatic heterocycles. The molecule has 146 valence electrons. The molecule has 1 aromatic carbocycles. The minimum atomic E-state index is -1.91. The summed E-state index contributed by atoms with van der Waals surface area (Å²) in [7, 11) is 0. The summed E-state index contributed by atoms with van der Waals surface area (Å²) in [6.07, 6.45) is 0.997. The average molecular weight is 391 g/mol. The predicted octanol–water partition coefficient (Wildman–Crippen LogP) is 3.13. The predicted molar refractivity (Wildman–Crippen MR) is 99.8 cm³/mol. The van der Waals surface area contributed by atoms with Crippen molar-refractivity contribution in [2.75, 3.05) is 19.7 Å². The summed E-state index contributed by atoms with van der Waals surface area (Å²) in [5.41, 5.74) is -1.71. The van der Waals surface area contributed by atoms with Crippen LogP contribution in [0.3, 0.4) is 0 Å². The summed E-state index contributed by atoms with van der Waals surface area (Å²) < 4.78 is 19.7. The number of nitriles is 3. The molecule has 0 unspecified atom stereocenters. The standard InChI is InChI=1S/C21H18FN5O2/c1-2-29-20(28)27-8-7-16-15(10-27)18(13-5-3-4-6-17(13)22)14(9-23)19(26)21(16,11-24)12-25/h3-7,14-15,18,26H,2,8,10H2,1H3/t14-,15+,18-/m0/s1. The van der Waals surface area contributed by atoms with Crippen LogP contribution in [0.15, 0.2) is 35.9 Å². The second kappa shape index (κ2) is 7.73. The third kappa shape index (κ3) is 3.02. The lowest BCUT2D eigenvalue weighted by atomic mass is 9.55. The van der Waals surface area contributed by atoms with Gasteiger partial charge in [0.2, 0.25) is 5.41 Å². The second-order valence-corrected chi connectivity index (χ2v) is 6.91. The Morgan fingerprint density at radius 2 is 2.03 bits per heavy atom. The van der Waals surface area contributed by atoms with Crippen LogP contribution >= 0.6 is 0 Å². The molecule has 7 nitrogen and oxygen atoms in total. The van der Waals surface area contributed by atoms with Crippen molar-refractivity contribution in [3.63, 3.8) is 0 Å². The van der Waals surface area contributed by atoms with Gasteiger partial charge in [-0.3, -0.25) is 0 Å². The van der Waals surface area contributed by atoms with E-state index < -0.39 is 35.1 Å². The number of carbonyl (C=O) groups is 1. The highest BCUT2D eigenvalue weighted by Crippen LogP contribution is 2.52. The van der Waals surface area contributed by atoms with Gasteiger partial charge >= 0.3 is 6.09 Å². The maximum absolute atomic E-state index is 14.7. The number of nitrogens with one attached hydrogen (secondary N) is 1. The number of benzene rings is 1. The van der Waals surface area contributed by atoms with E-state index in [2.05, 4.69) is 0 Å². The van der Waals surface area contributed by atoms with Gasteiger partial charge in [0, 0.05) is 24.9 Å². The number of amides is 1. The van der Waals surface area contributed by atoms with Crippen LogP contribution in [0.2, 0.25) is 0 Å². The molecule has 3 atom stereocenters. The fraction of sp³-hybridized carbons (Fsp3) is 0.381. The molecule has 1 N–H and O–H groups in total. The highest BCUT2D eigenvalue weighted by molar-refractivity contribution is 6.01. The highest BCUT2D eigenvalue weighted by atomic mass is 19.1. The van der Waals surface area contributed by atoms with Crippen LogP contribution in [0.5, 0.6) is 0 Å². The first-order valence-electron chi connectivity index (χ1n) is 9.12. The Bertz CT molecular complexity index is 999. The molecule has 8 heteroatoms. The number of nitrogens with zero attached hydrogens (tertiary/aromatic N) is 4. The van der Waals surface area contributed by atoms with E-state index in [1.807, 2.05) is 18.2 Å². The molecule has 1 aliphatic carbocycles. The second-order valence-electron chi connectivity index (χ2n) is 6.91. The quantitative estimate of drug-likeness (QED) is 0.775. The zero-order valence-electron chi connectivity index (χ0n) is 15.7. The minimum Gasteiger partial charge on any atom is -0.450 e. The van der Waals surface area contributed by atoms with Crippen molar-refractivity contribution in [3.8, 4) is 18.2 Å². The summed E-state index contributed by atoms with van der Waals surface area (Å²) in [6.45, 7) is 2.01. The number of hydrogen-bond donors (Lipinski definition) is 1. The molecule has 3 rings (SSSR count). The average Bonchev–Trinajstić information content (AvgIpc) is 2.74. The maximum atomic E-state index is 14.7. The van der Waals surface area contributed by atoms with Gasteiger partial charge in [-0.15, -0.1) is 0 Å². The van der Waals surface area contributed by atoms with E-state index >= 15 is 0 Å². The van der Waals surface area contributed by atoms with Gasteiger partial charge in [0.15, 0.2) is 0 Å². The third-order valence-electron chi connectivity index (χ3n) is 5.55. The Labute approximate surface area is 167 Å². The molecule has 1 heterocycles. The Balaban J connectivity index is 2.20. The van der Waals surface area contributed by atoms with E-state index in [1.165, 1.54) is 23.1 Å². The normalized spacial score (nSPS) is 24.9. The van der Waals surface area contributed by atoms with Gasteiger partial charge in [-0.1, -0.05) is 24.3 Å². The van der Waals surface area contributed by atoms with E-state index in [0.717, 1.165) is 0 Å². The van der Waals surface area contributed by atoms with Crippen LogP contribution in [0, 0.1) is 62.5 Å². The van der Waals surface area contributed by atoms with Crippen molar-refractivity contribution in [2.24, 2.45) is 17.3 Å². The molecule has 29 heavy (non-hydrogen) atoms. The summed E-state index contributed by atoms with van der Waals surface area (Å²) >= 11 is 0. The fourth-order valence-corrected chi connectivity index (χ4v) is 4.23. The summed E-state index contributed by atoms with van der Waals surface area (Å²) in [4.78, 5) is 13.7. The number of carbonyl (C=O) groups excluding carboxylic acids is 1. The molecule has 1 aromatic rings. The topological polar surface area (TPSA) is 125 Å². The summed E-state index contributed by atoms with van der Waals surface area (Å²) in [5.74, 6) is -3.22. The van der Waals surface area contributed by atoms with E-state index in [-0.39, 0.29) is 31.0 Å². The van der Waals surface area contributed by atoms with Crippen LogP contribution in [-0.4, -0.2) is 36.4 Å². The summed E-state index contributed by atoms with van der Waals surface area (Å²) in [5, 5.41) is 37.9. The molecule has 0 aromatic heterocycles. The smallest absolute Gasteiger partial charge is 0.410 e. The van der Waals surface area contributed by atoms with Crippen molar-refractivity contribution in [2.45, 2.75) is 12.8 Å². The molecular formula is C21H18FN5O2. The molecule has 1 fully saturated rings. The van der Waals surface area contributed by atoms with E-state index in [1.54, 1.807) is 19.1 Å². The van der Waals surface area contributed by atoms with Gasteiger partial charge in [0.1, 0.15) is 5.82 Å². The maximum Gasteiger partial charge on any atom is 0.410 e. The lowest BCUT2D eigenvalue weighted by Gasteiger charge is -2.47. The van der Waals surface area contributed by atoms with E-state index in [9.17, 15) is 25.0 Å². The lowest BCUT2D eigenvalue weighted by Crippen LogP contribution is -2.53. The first-order chi connectivity index (χ1) is 13.9. The van der Waals surface area contributed by atoms with Crippen LogP contribution in [-0.2, 0) is 4.74 Å². The first-order valence-corrected chi connectivity index (χ1v) is 9.12. The van der Waals surface area contributed by atoms with Gasteiger partial charge < -0.3 is 15.0 Å². The van der Waals surface area contributed by atoms with Crippen LogP contribution in [0.4, 0.5) is 9.18 Å². The van der Waals surface area contributed by atoms with Crippen LogP contribution in [0.25, 0.3) is 0 Å². The zero-order chi connectivity index (χ0) is 21.2. The largest absolute Gasteiger partial charge is 0.450 e. The Kier molecular flexibility index (Phi) is 5.35. The van der Waals surface area contributed by atoms with Gasteiger partial charge in [0.25, 0.3) is 0 Å². The van der Waals surface area contributed by atoms with Gasteiger partial charge in [0.05, 0.1) is 36.4 Å². The fourth-order valence-electron chi connectivity index (χ4n) is 4.23. The van der Waals surface area contributed by atoms with E-state index in [4.69, 9.17) is 10.1 Å². The molecule has 2 aliphatic rings. The van der Waals surface area contributed by atoms with Crippen molar-refractivity contribution in [1.29, 1.82) is 21.2 Å². The molecule has 0 spiro atoms. The van der Waals surface area contributed by atoms with Gasteiger partial charge in [-0.25, -0.2) is 9.18 Å². The van der Waals surface area contributed by atoms with E-state index in [0.29, 0.717) is 5.57 Å². The molecule has 1 amide bonds. The van der Waals surface area contributed by atoms with Crippen LogP contribution in [0.1, 0.15) is 18.4 Å². The summed E-state index contributed by atoms with van der Waals surface area (Å²) in [6, 6.07) is 11.7. The molecule has 0 bridgehead atoms.